The molecule has 0 bridgehead atoms. The van der Waals surface area contributed by atoms with E-state index in [4.69, 9.17) is 15.7 Å². The lowest BCUT2D eigenvalue weighted by molar-refractivity contribution is 0.403. The maximum atomic E-state index is 6.38. The van der Waals surface area contributed by atoms with Crippen molar-refractivity contribution in [2.75, 3.05) is 11.1 Å². The topological polar surface area (TPSA) is 63.8 Å². The summed E-state index contributed by atoms with van der Waals surface area (Å²) in [5, 5.41) is 3.60. The largest absolute Gasteiger partial charge is 0.397 e. The Morgan fingerprint density at radius 3 is 1.79 bits per heavy atom. The van der Waals surface area contributed by atoms with Crippen molar-refractivity contribution in [2.24, 2.45) is 5.92 Å². The predicted molar refractivity (Wildman–Crippen MR) is 125 cm³/mol. The van der Waals surface area contributed by atoms with Crippen LogP contribution in [0.4, 0.5) is 11.4 Å². The Balaban J connectivity index is 1.89. The number of fused-ring (bicyclic) bond motifs is 3. The number of nitrogens with one attached hydrogen (secondary N) is 1. The van der Waals surface area contributed by atoms with E-state index in [1.54, 1.807) is 0 Å². The van der Waals surface area contributed by atoms with E-state index in [-0.39, 0.29) is 16.4 Å². The minimum Gasteiger partial charge on any atom is -0.397 e. The van der Waals surface area contributed by atoms with Gasteiger partial charge in [0, 0.05) is 5.54 Å². The first-order valence-electron chi connectivity index (χ1n) is 10.6. The second kappa shape index (κ2) is 6.07. The standard InChI is InChI=1S/C25H34N4/c1-14(2)25(7,8)29-18-12-22-21(11-17(18)26)27-19-9-15-16(10-20(19)28-22)24(5,6)13-23(15,3)4/h9-12,14,29H,13,26H2,1-8H3. The van der Waals surface area contributed by atoms with Gasteiger partial charge in [-0.2, -0.15) is 0 Å². The molecule has 0 fully saturated rings. The Morgan fingerprint density at radius 1 is 0.862 bits per heavy atom. The molecule has 0 saturated carbocycles. The quantitative estimate of drug-likeness (QED) is 0.414. The van der Waals surface area contributed by atoms with Crippen molar-refractivity contribution in [1.82, 2.24) is 9.97 Å². The molecule has 1 aliphatic rings. The van der Waals surface area contributed by atoms with Crippen molar-refractivity contribution in [3.8, 4) is 0 Å². The maximum absolute atomic E-state index is 6.38. The molecule has 0 saturated heterocycles. The van der Waals surface area contributed by atoms with Crippen molar-refractivity contribution in [1.29, 1.82) is 0 Å². The van der Waals surface area contributed by atoms with Crippen LogP contribution in [0.1, 0.15) is 72.9 Å². The lowest BCUT2D eigenvalue weighted by Gasteiger charge is -2.32. The number of rotatable bonds is 3. The molecule has 0 atom stereocenters. The highest BCUT2D eigenvalue weighted by atomic mass is 15.0. The highest BCUT2D eigenvalue weighted by Gasteiger charge is 2.42. The van der Waals surface area contributed by atoms with Crippen LogP contribution in [0.25, 0.3) is 22.1 Å². The van der Waals surface area contributed by atoms with Gasteiger partial charge in [-0.3, -0.25) is 0 Å². The van der Waals surface area contributed by atoms with Crippen molar-refractivity contribution in [2.45, 2.75) is 78.2 Å². The van der Waals surface area contributed by atoms with E-state index in [2.05, 4.69) is 72.8 Å². The third-order valence-electron chi connectivity index (χ3n) is 6.99. The summed E-state index contributed by atoms with van der Waals surface area (Å²) < 4.78 is 0. The SMILES string of the molecule is CC(C)C(C)(C)Nc1cc2nc3cc4c(cc3nc2cc1N)C(C)(C)CC4(C)C. The van der Waals surface area contributed by atoms with Crippen LogP contribution in [0, 0.1) is 5.92 Å². The molecule has 0 amide bonds. The number of anilines is 2. The van der Waals surface area contributed by atoms with Crippen LogP contribution >= 0.6 is 0 Å². The molecule has 3 aromatic rings. The first-order valence-corrected chi connectivity index (χ1v) is 10.6. The molecule has 1 heterocycles. The predicted octanol–water partition coefficient (Wildman–Crippen LogP) is 6.17. The number of aromatic nitrogens is 2. The third-order valence-corrected chi connectivity index (χ3v) is 6.99. The van der Waals surface area contributed by atoms with Crippen LogP contribution < -0.4 is 11.1 Å². The summed E-state index contributed by atoms with van der Waals surface area (Å²) >= 11 is 0. The molecule has 4 nitrogen and oxygen atoms in total. The van der Waals surface area contributed by atoms with Gasteiger partial charge in [0.1, 0.15) is 0 Å². The second-order valence-electron chi connectivity index (χ2n) is 11.0. The van der Waals surface area contributed by atoms with Crippen molar-refractivity contribution in [3.05, 3.63) is 35.4 Å². The van der Waals surface area contributed by atoms with E-state index >= 15 is 0 Å². The molecule has 0 spiro atoms. The highest BCUT2D eigenvalue weighted by molar-refractivity contribution is 5.92. The van der Waals surface area contributed by atoms with Crippen molar-refractivity contribution in [3.63, 3.8) is 0 Å². The highest BCUT2D eigenvalue weighted by Crippen LogP contribution is 2.50. The monoisotopic (exact) mass is 390 g/mol. The van der Waals surface area contributed by atoms with Gasteiger partial charge in [0.05, 0.1) is 33.4 Å². The Hall–Kier alpha value is -2.36. The van der Waals surface area contributed by atoms with Gasteiger partial charge in [-0.15, -0.1) is 0 Å². The smallest absolute Gasteiger partial charge is 0.0916 e. The zero-order chi connectivity index (χ0) is 21.4. The number of nitrogens with two attached hydrogens (primary N) is 1. The minimum absolute atomic E-state index is 0.0670. The molecule has 2 aromatic carbocycles. The van der Waals surface area contributed by atoms with E-state index in [0.717, 1.165) is 34.2 Å². The fraction of sp³-hybridized carbons (Fsp3) is 0.520. The van der Waals surface area contributed by atoms with Crippen LogP contribution in [0.5, 0.6) is 0 Å². The summed E-state index contributed by atoms with van der Waals surface area (Å²) in [5.74, 6) is 0.466. The average molecular weight is 391 g/mol. The van der Waals surface area contributed by atoms with Gasteiger partial charge < -0.3 is 11.1 Å². The maximum Gasteiger partial charge on any atom is 0.0916 e. The number of benzene rings is 2. The van der Waals surface area contributed by atoms with Crippen molar-refractivity contribution < 1.29 is 0 Å². The molecular formula is C25H34N4. The second-order valence-corrected chi connectivity index (χ2v) is 11.0. The number of hydrogen-bond acceptors (Lipinski definition) is 4. The summed E-state index contributed by atoms with van der Waals surface area (Å²) in [5.41, 5.74) is 14.7. The molecule has 154 valence electrons. The summed E-state index contributed by atoms with van der Waals surface area (Å²) in [6.07, 6.45) is 1.14. The normalized spacial score (nSPS) is 17.8. The van der Waals surface area contributed by atoms with E-state index in [0.29, 0.717) is 11.6 Å². The Kier molecular flexibility index (Phi) is 4.17. The van der Waals surface area contributed by atoms with E-state index in [9.17, 15) is 0 Å². The van der Waals surface area contributed by atoms with Gasteiger partial charge in [-0.25, -0.2) is 9.97 Å². The lowest BCUT2D eigenvalue weighted by Crippen LogP contribution is -2.36. The summed E-state index contributed by atoms with van der Waals surface area (Å²) in [6.45, 7) is 18.1. The van der Waals surface area contributed by atoms with Crippen LogP contribution in [0.15, 0.2) is 24.3 Å². The molecule has 0 aliphatic heterocycles. The van der Waals surface area contributed by atoms with Crippen LogP contribution in [-0.2, 0) is 10.8 Å². The summed E-state index contributed by atoms with van der Waals surface area (Å²) in [6, 6.07) is 8.50. The molecule has 29 heavy (non-hydrogen) atoms. The molecular weight excluding hydrogens is 356 g/mol. The molecule has 4 rings (SSSR count). The van der Waals surface area contributed by atoms with Crippen LogP contribution in [0.2, 0.25) is 0 Å². The number of nitrogen functional groups attached to an aromatic ring is 1. The third kappa shape index (κ3) is 3.23. The zero-order valence-electron chi connectivity index (χ0n) is 19.1. The Morgan fingerprint density at radius 2 is 1.31 bits per heavy atom. The fourth-order valence-corrected chi connectivity index (χ4v) is 4.80. The first-order chi connectivity index (χ1) is 13.3. The van der Waals surface area contributed by atoms with Gasteiger partial charge in [0.25, 0.3) is 0 Å². The fourth-order valence-electron chi connectivity index (χ4n) is 4.80. The van der Waals surface area contributed by atoms with Crippen LogP contribution in [0.3, 0.4) is 0 Å². The summed E-state index contributed by atoms with van der Waals surface area (Å²) in [4.78, 5) is 9.92. The number of hydrogen-bond donors (Lipinski definition) is 2. The van der Waals surface area contributed by atoms with Crippen molar-refractivity contribution >= 4 is 33.4 Å². The summed E-state index contributed by atoms with van der Waals surface area (Å²) in [7, 11) is 0. The number of nitrogens with zero attached hydrogens (tertiary/aromatic N) is 2. The Labute approximate surface area is 174 Å². The zero-order valence-corrected chi connectivity index (χ0v) is 19.1. The minimum atomic E-state index is -0.0670. The van der Waals surface area contributed by atoms with Gasteiger partial charge in [-0.05, 0) is 72.4 Å². The van der Waals surface area contributed by atoms with E-state index in [1.165, 1.54) is 11.1 Å². The molecule has 3 N–H and O–H groups in total. The average Bonchev–Trinajstić information content (AvgIpc) is 2.76. The molecule has 1 aromatic heterocycles. The lowest BCUT2D eigenvalue weighted by atomic mass is 9.82. The van der Waals surface area contributed by atoms with Gasteiger partial charge in [-0.1, -0.05) is 41.5 Å². The van der Waals surface area contributed by atoms with Crippen LogP contribution in [-0.4, -0.2) is 15.5 Å². The van der Waals surface area contributed by atoms with Gasteiger partial charge >= 0.3 is 0 Å². The van der Waals surface area contributed by atoms with E-state index in [1.807, 2.05) is 12.1 Å². The Bertz CT molecular complexity index is 1120. The molecule has 1 aliphatic carbocycles. The molecule has 0 unspecified atom stereocenters. The van der Waals surface area contributed by atoms with Gasteiger partial charge in [0.15, 0.2) is 0 Å². The first kappa shape index (κ1) is 19.9. The van der Waals surface area contributed by atoms with Gasteiger partial charge in [0.2, 0.25) is 0 Å². The van der Waals surface area contributed by atoms with E-state index < -0.39 is 0 Å². The molecule has 0 radical (unpaired) electrons. The molecule has 4 heteroatoms.